The Bertz CT molecular complexity index is 895. The number of rotatable bonds is 6. The fraction of sp³-hybridized carbons (Fsp3) is 0.312. The number of hydrogen-bond donors (Lipinski definition) is 1. The highest BCUT2D eigenvalue weighted by molar-refractivity contribution is 5.79. The van der Waals surface area contributed by atoms with Crippen LogP contribution in [0.2, 0.25) is 0 Å². The monoisotopic (exact) mass is 342 g/mol. The first-order valence-electron chi connectivity index (χ1n) is 8.00. The minimum atomic E-state index is -0.426. The Labute approximate surface area is 144 Å². The molecule has 130 valence electrons. The van der Waals surface area contributed by atoms with Crippen molar-refractivity contribution < 1.29 is 4.39 Å². The number of nitrogens with zero attached hydrogens (tertiary/aromatic N) is 7. The van der Waals surface area contributed by atoms with Crippen LogP contribution in [0.15, 0.2) is 29.8 Å². The van der Waals surface area contributed by atoms with Gasteiger partial charge in [0, 0.05) is 31.0 Å². The van der Waals surface area contributed by atoms with E-state index in [2.05, 4.69) is 30.7 Å². The number of nitrogens with one attached hydrogen (secondary N) is 1. The molecule has 0 aliphatic carbocycles. The van der Waals surface area contributed by atoms with Crippen LogP contribution in [0.3, 0.4) is 0 Å². The number of aromatic nitrogens is 6. The quantitative estimate of drug-likeness (QED) is 0.549. The zero-order valence-electron chi connectivity index (χ0n) is 14.3. The van der Waals surface area contributed by atoms with Crippen molar-refractivity contribution in [2.75, 3.05) is 5.43 Å². The zero-order valence-corrected chi connectivity index (χ0v) is 14.3. The standard InChI is InChI=1S/C16H19FN8/c1-4-24-10-13(11(3)23-24)14-6-7-18-16(21-14)22-19-8-12-9-20-25(5-2)15(12)17/h6-10H,4-5H2,1-3H3,(H,18,21,22)/b19-8-. The van der Waals surface area contributed by atoms with Gasteiger partial charge in [-0.2, -0.15) is 19.7 Å². The molecule has 0 unspecified atom stereocenters. The third-order valence-electron chi connectivity index (χ3n) is 3.67. The molecular weight excluding hydrogens is 323 g/mol. The van der Waals surface area contributed by atoms with Gasteiger partial charge in [-0.25, -0.2) is 20.1 Å². The van der Waals surface area contributed by atoms with E-state index in [1.807, 2.05) is 37.7 Å². The lowest BCUT2D eigenvalue weighted by molar-refractivity contribution is 0.470. The summed E-state index contributed by atoms with van der Waals surface area (Å²) in [6.07, 6.45) is 6.35. The van der Waals surface area contributed by atoms with Crippen molar-refractivity contribution in [1.82, 2.24) is 29.5 Å². The van der Waals surface area contributed by atoms with Gasteiger partial charge in [-0.15, -0.1) is 0 Å². The van der Waals surface area contributed by atoms with Gasteiger partial charge in [-0.1, -0.05) is 0 Å². The molecule has 0 aliphatic rings. The molecule has 0 radical (unpaired) electrons. The van der Waals surface area contributed by atoms with Crippen LogP contribution in [0, 0.1) is 12.9 Å². The molecule has 0 aromatic carbocycles. The second kappa shape index (κ2) is 7.20. The Balaban J connectivity index is 1.76. The predicted molar refractivity (Wildman–Crippen MR) is 92.7 cm³/mol. The maximum Gasteiger partial charge on any atom is 0.244 e. The van der Waals surface area contributed by atoms with E-state index in [4.69, 9.17) is 0 Å². The van der Waals surface area contributed by atoms with Gasteiger partial charge >= 0.3 is 0 Å². The highest BCUT2D eigenvalue weighted by Crippen LogP contribution is 2.20. The van der Waals surface area contributed by atoms with E-state index in [-0.39, 0.29) is 0 Å². The van der Waals surface area contributed by atoms with E-state index in [9.17, 15) is 4.39 Å². The highest BCUT2D eigenvalue weighted by atomic mass is 19.1. The molecule has 0 bridgehead atoms. The van der Waals surface area contributed by atoms with Gasteiger partial charge < -0.3 is 0 Å². The van der Waals surface area contributed by atoms with E-state index in [0.29, 0.717) is 18.1 Å². The topological polar surface area (TPSA) is 85.8 Å². The molecule has 3 rings (SSSR count). The summed E-state index contributed by atoms with van der Waals surface area (Å²) in [4.78, 5) is 8.54. The van der Waals surface area contributed by atoms with Crippen molar-refractivity contribution in [2.45, 2.75) is 33.9 Å². The molecule has 1 N–H and O–H groups in total. The molecule has 8 nitrogen and oxygen atoms in total. The summed E-state index contributed by atoms with van der Waals surface area (Å²) in [6, 6.07) is 1.81. The Morgan fingerprint density at radius 1 is 1.32 bits per heavy atom. The second-order valence-electron chi connectivity index (χ2n) is 5.33. The first-order valence-corrected chi connectivity index (χ1v) is 8.00. The summed E-state index contributed by atoms with van der Waals surface area (Å²) in [7, 11) is 0. The number of halogens is 1. The molecule has 3 heterocycles. The van der Waals surface area contributed by atoms with Gasteiger partial charge in [0.15, 0.2) is 0 Å². The van der Waals surface area contributed by atoms with Crippen LogP contribution in [0.25, 0.3) is 11.3 Å². The van der Waals surface area contributed by atoms with Crippen molar-refractivity contribution in [1.29, 1.82) is 0 Å². The Hall–Kier alpha value is -3.10. The zero-order chi connectivity index (χ0) is 17.8. The van der Waals surface area contributed by atoms with Gasteiger partial charge in [0.2, 0.25) is 11.9 Å². The molecule has 25 heavy (non-hydrogen) atoms. The van der Waals surface area contributed by atoms with E-state index >= 15 is 0 Å². The summed E-state index contributed by atoms with van der Waals surface area (Å²) in [5.41, 5.74) is 5.59. The van der Waals surface area contributed by atoms with Gasteiger partial charge in [-0.3, -0.25) is 4.68 Å². The van der Waals surface area contributed by atoms with Gasteiger partial charge in [-0.05, 0) is 26.8 Å². The van der Waals surface area contributed by atoms with E-state index in [1.165, 1.54) is 17.1 Å². The lowest BCUT2D eigenvalue weighted by Crippen LogP contribution is -2.01. The molecule has 3 aromatic heterocycles. The number of anilines is 1. The number of hydrazone groups is 1. The van der Waals surface area contributed by atoms with Crippen molar-refractivity contribution in [3.05, 3.63) is 41.9 Å². The van der Waals surface area contributed by atoms with Crippen LogP contribution in [0.4, 0.5) is 10.3 Å². The van der Waals surface area contributed by atoms with Crippen molar-refractivity contribution >= 4 is 12.2 Å². The first kappa shape index (κ1) is 16.7. The lowest BCUT2D eigenvalue weighted by Gasteiger charge is -2.01. The molecule has 0 fully saturated rings. The van der Waals surface area contributed by atoms with Gasteiger partial charge in [0.25, 0.3) is 0 Å². The average Bonchev–Trinajstić information content (AvgIpc) is 3.18. The molecule has 0 aliphatic heterocycles. The minimum Gasteiger partial charge on any atom is -0.272 e. The van der Waals surface area contributed by atoms with Crippen LogP contribution < -0.4 is 5.43 Å². The first-order chi connectivity index (χ1) is 12.1. The smallest absolute Gasteiger partial charge is 0.244 e. The fourth-order valence-corrected chi connectivity index (χ4v) is 2.35. The van der Waals surface area contributed by atoms with E-state index < -0.39 is 5.95 Å². The summed E-state index contributed by atoms with van der Waals surface area (Å²) in [6.45, 7) is 7.03. The summed E-state index contributed by atoms with van der Waals surface area (Å²) in [5.74, 6) is -0.106. The van der Waals surface area contributed by atoms with Gasteiger partial charge in [0.1, 0.15) is 0 Å². The molecule has 0 atom stereocenters. The molecule has 0 amide bonds. The van der Waals surface area contributed by atoms with Crippen LogP contribution in [-0.4, -0.2) is 35.7 Å². The minimum absolute atomic E-state index is 0.297. The molecule has 0 saturated heterocycles. The Morgan fingerprint density at radius 2 is 2.16 bits per heavy atom. The third-order valence-corrected chi connectivity index (χ3v) is 3.67. The van der Waals surface area contributed by atoms with Crippen LogP contribution >= 0.6 is 0 Å². The molecule has 0 spiro atoms. The third kappa shape index (κ3) is 3.54. The summed E-state index contributed by atoms with van der Waals surface area (Å²) >= 11 is 0. The number of aryl methyl sites for hydroxylation is 3. The highest BCUT2D eigenvalue weighted by Gasteiger charge is 2.09. The SMILES string of the molecule is CCn1cc(-c2ccnc(N/N=C\c3cnn(CC)c3F)n2)c(C)n1. The fourth-order valence-electron chi connectivity index (χ4n) is 2.35. The molecule has 0 saturated carbocycles. The molecule has 3 aromatic rings. The van der Waals surface area contributed by atoms with Gasteiger partial charge in [0.05, 0.1) is 29.4 Å². The molecular formula is C16H19FN8. The van der Waals surface area contributed by atoms with Crippen molar-refractivity contribution in [2.24, 2.45) is 5.10 Å². The Kier molecular flexibility index (Phi) is 4.82. The maximum atomic E-state index is 13.9. The van der Waals surface area contributed by atoms with Crippen molar-refractivity contribution in [3.63, 3.8) is 0 Å². The lowest BCUT2D eigenvalue weighted by atomic mass is 10.2. The van der Waals surface area contributed by atoms with Crippen LogP contribution in [-0.2, 0) is 13.1 Å². The predicted octanol–water partition coefficient (Wildman–Crippen LogP) is 2.47. The largest absolute Gasteiger partial charge is 0.272 e. The van der Waals surface area contributed by atoms with Crippen LogP contribution in [0.1, 0.15) is 25.1 Å². The number of hydrogen-bond acceptors (Lipinski definition) is 6. The normalized spacial score (nSPS) is 11.4. The summed E-state index contributed by atoms with van der Waals surface area (Å²) in [5, 5.41) is 12.3. The summed E-state index contributed by atoms with van der Waals surface area (Å²) < 4.78 is 17.0. The van der Waals surface area contributed by atoms with E-state index in [1.54, 1.807) is 6.20 Å². The van der Waals surface area contributed by atoms with E-state index in [0.717, 1.165) is 23.5 Å². The second-order valence-corrected chi connectivity index (χ2v) is 5.33. The Morgan fingerprint density at radius 3 is 2.84 bits per heavy atom. The van der Waals surface area contributed by atoms with Crippen molar-refractivity contribution in [3.8, 4) is 11.3 Å². The van der Waals surface area contributed by atoms with Crippen LogP contribution in [0.5, 0.6) is 0 Å². The average molecular weight is 342 g/mol. The maximum absolute atomic E-state index is 13.9. The molecule has 9 heteroatoms.